The number of ether oxygens (including phenoxy) is 2. The van der Waals surface area contributed by atoms with Crippen molar-refractivity contribution in [3.63, 3.8) is 0 Å². The number of nitrogens with zero attached hydrogens (tertiary/aromatic N) is 6. The molecule has 1 amide bonds. The van der Waals surface area contributed by atoms with Crippen LogP contribution < -0.4 is 25.3 Å². The lowest BCUT2D eigenvalue weighted by Gasteiger charge is -2.41. The van der Waals surface area contributed by atoms with Crippen molar-refractivity contribution < 1.29 is 19.1 Å². The lowest BCUT2D eigenvalue weighted by molar-refractivity contribution is -0.111. The summed E-state index contributed by atoms with van der Waals surface area (Å²) in [6.07, 6.45) is 11.8. The zero-order chi connectivity index (χ0) is 30.8. The highest BCUT2D eigenvalue weighted by Gasteiger charge is 2.42. The third-order valence-electron chi connectivity index (χ3n) is 9.33. The van der Waals surface area contributed by atoms with Crippen LogP contribution in [0.2, 0.25) is 0 Å². The minimum absolute atomic E-state index is 0.129. The first-order valence-corrected chi connectivity index (χ1v) is 15.8. The van der Waals surface area contributed by atoms with E-state index in [0.29, 0.717) is 53.6 Å². The molecule has 4 aliphatic rings. The zero-order valence-electron chi connectivity index (χ0n) is 25.6. The fourth-order valence-corrected chi connectivity index (χ4v) is 7.11. The molecule has 6 heterocycles. The molecule has 4 aliphatic heterocycles. The summed E-state index contributed by atoms with van der Waals surface area (Å²) in [4.78, 5) is 36.7. The topological polar surface area (TPSA) is 117 Å². The quantitative estimate of drug-likeness (QED) is 0.324. The van der Waals surface area contributed by atoms with Gasteiger partial charge in [0.15, 0.2) is 5.82 Å². The molecule has 4 saturated heterocycles. The summed E-state index contributed by atoms with van der Waals surface area (Å²) in [5, 5.41) is 8.27. The Balaban J connectivity index is 1.10. The van der Waals surface area contributed by atoms with Gasteiger partial charge in [-0.2, -0.15) is 0 Å². The van der Waals surface area contributed by atoms with E-state index < -0.39 is 0 Å². The predicted octanol–water partition coefficient (Wildman–Crippen LogP) is 3.94. The fourth-order valence-electron chi connectivity index (χ4n) is 7.11. The maximum atomic E-state index is 12.5. The molecule has 3 atom stereocenters. The second-order valence-corrected chi connectivity index (χ2v) is 12.1. The highest BCUT2D eigenvalue weighted by molar-refractivity contribution is 6.02. The van der Waals surface area contributed by atoms with Crippen molar-refractivity contribution in [3.05, 3.63) is 67.3 Å². The van der Waals surface area contributed by atoms with Gasteiger partial charge >= 0.3 is 0 Å². The number of piperidine rings is 1. The molecular weight excluding hydrogens is 572 g/mol. The molecule has 236 valence electrons. The maximum absolute atomic E-state index is 12.5. The van der Waals surface area contributed by atoms with Crippen LogP contribution in [0.5, 0.6) is 5.75 Å². The van der Waals surface area contributed by atoms with Gasteiger partial charge in [0.1, 0.15) is 17.9 Å². The molecule has 0 saturated carbocycles. The second-order valence-electron chi connectivity index (χ2n) is 12.1. The molecule has 12 heteroatoms. The lowest BCUT2D eigenvalue weighted by atomic mass is 10.0. The van der Waals surface area contributed by atoms with Crippen molar-refractivity contribution in [1.29, 1.82) is 0 Å². The smallest absolute Gasteiger partial charge is 0.247 e. The Kier molecular flexibility index (Phi) is 8.51. The van der Waals surface area contributed by atoms with E-state index in [0.717, 1.165) is 69.6 Å². The van der Waals surface area contributed by atoms with Crippen molar-refractivity contribution in [2.45, 2.75) is 56.3 Å². The fraction of sp³-hybridized carbons (Fsp3) is 0.455. The number of morpholine rings is 1. The monoisotopic (exact) mass is 612 g/mol. The minimum Gasteiger partial charge on any atom is -0.494 e. The number of aromatic nitrogens is 3. The van der Waals surface area contributed by atoms with Gasteiger partial charge in [-0.05, 0) is 55.9 Å². The molecule has 3 aromatic rings. The molecule has 0 unspecified atom stereocenters. The average Bonchev–Trinajstić information content (AvgIpc) is 3.84. The number of likely N-dealkylation sites (tertiary alicyclic amines) is 1. The Bertz CT molecular complexity index is 1520. The number of fused-ring (bicyclic) bond motifs is 2. The van der Waals surface area contributed by atoms with Gasteiger partial charge in [-0.15, -0.1) is 0 Å². The summed E-state index contributed by atoms with van der Waals surface area (Å²) in [6, 6.07) is 11.0. The molecule has 0 spiro atoms. The number of hydrogen-bond acceptors (Lipinski definition) is 11. The zero-order valence-corrected chi connectivity index (χ0v) is 25.6. The molecule has 2 bridgehead atoms. The van der Waals surface area contributed by atoms with E-state index in [-0.39, 0.29) is 11.9 Å². The maximum Gasteiger partial charge on any atom is 0.247 e. The van der Waals surface area contributed by atoms with Gasteiger partial charge in [0.05, 0.1) is 49.5 Å². The molecule has 2 N–H and O–H groups in total. The SMILES string of the molecule is C=CC(=O)Nc1cc(Nc2cc(N3OCC[C@@H]3Cc3cccnc3)ncn2)c(OC)cc1N1CCC(N2C[C@H]3C[C@@H]2CO3)CC1. The number of rotatable bonds is 10. The van der Waals surface area contributed by atoms with Gasteiger partial charge in [0.2, 0.25) is 5.91 Å². The lowest BCUT2D eigenvalue weighted by Crippen LogP contribution is -2.49. The first-order valence-electron chi connectivity index (χ1n) is 15.8. The number of anilines is 5. The first-order chi connectivity index (χ1) is 22.1. The third kappa shape index (κ3) is 6.31. The summed E-state index contributed by atoms with van der Waals surface area (Å²) in [6.45, 7) is 7.95. The van der Waals surface area contributed by atoms with Crippen LogP contribution in [0.1, 0.15) is 31.2 Å². The number of carbonyl (C=O) groups is 1. The highest BCUT2D eigenvalue weighted by atomic mass is 16.7. The third-order valence-corrected chi connectivity index (χ3v) is 9.33. The van der Waals surface area contributed by atoms with Crippen LogP contribution in [-0.2, 0) is 20.8 Å². The summed E-state index contributed by atoms with van der Waals surface area (Å²) in [7, 11) is 1.65. The largest absolute Gasteiger partial charge is 0.494 e. The number of benzene rings is 1. The van der Waals surface area contributed by atoms with Crippen LogP contribution in [0.25, 0.3) is 0 Å². The Labute approximate surface area is 263 Å². The number of methoxy groups -OCH3 is 1. The number of pyridine rings is 1. The Morgan fingerprint density at radius 3 is 2.78 bits per heavy atom. The van der Waals surface area contributed by atoms with E-state index in [2.05, 4.69) is 48.0 Å². The number of amides is 1. The summed E-state index contributed by atoms with van der Waals surface area (Å²) in [5.41, 5.74) is 3.42. The Hall–Kier alpha value is -4.26. The van der Waals surface area contributed by atoms with E-state index in [1.807, 2.05) is 35.5 Å². The molecule has 0 radical (unpaired) electrons. The van der Waals surface area contributed by atoms with Gasteiger partial charge in [0.25, 0.3) is 0 Å². The van der Waals surface area contributed by atoms with Crippen LogP contribution in [0.15, 0.2) is 61.7 Å². The number of carbonyl (C=O) groups excluding carboxylic acids is 1. The van der Waals surface area contributed by atoms with Gasteiger partial charge in [-0.3, -0.25) is 19.5 Å². The normalized spacial score (nSPS) is 23.4. The van der Waals surface area contributed by atoms with E-state index in [1.165, 1.54) is 12.4 Å². The van der Waals surface area contributed by atoms with Crippen molar-refractivity contribution in [2.75, 3.05) is 60.6 Å². The van der Waals surface area contributed by atoms with Crippen molar-refractivity contribution in [2.24, 2.45) is 0 Å². The van der Waals surface area contributed by atoms with E-state index in [1.54, 1.807) is 13.3 Å². The molecule has 45 heavy (non-hydrogen) atoms. The molecular formula is C33H40N8O4. The number of hydrogen-bond donors (Lipinski definition) is 2. The van der Waals surface area contributed by atoms with Crippen molar-refractivity contribution in [1.82, 2.24) is 19.9 Å². The van der Waals surface area contributed by atoms with Gasteiger partial charge < -0.3 is 25.0 Å². The highest BCUT2D eigenvalue weighted by Crippen LogP contribution is 2.41. The molecule has 2 aromatic heterocycles. The summed E-state index contributed by atoms with van der Waals surface area (Å²) in [5.74, 6) is 1.61. The molecule has 12 nitrogen and oxygen atoms in total. The van der Waals surface area contributed by atoms with Gasteiger partial charge in [0, 0.05) is 56.2 Å². The van der Waals surface area contributed by atoms with Gasteiger partial charge in [-0.25, -0.2) is 15.0 Å². The minimum atomic E-state index is -0.273. The van der Waals surface area contributed by atoms with Crippen molar-refractivity contribution >= 4 is 34.6 Å². The van der Waals surface area contributed by atoms with E-state index in [9.17, 15) is 4.79 Å². The number of hydroxylamine groups is 1. The second kappa shape index (κ2) is 13.0. The molecule has 7 rings (SSSR count). The molecule has 4 fully saturated rings. The molecule has 1 aromatic carbocycles. The van der Waals surface area contributed by atoms with Crippen LogP contribution in [0, 0.1) is 0 Å². The van der Waals surface area contributed by atoms with E-state index in [4.69, 9.17) is 14.3 Å². The number of nitrogens with one attached hydrogen (secondary N) is 2. The average molecular weight is 613 g/mol. The van der Waals surface area contributed by atoms with Crippen LogP contribution in [0.4, 0.5) is 28.7 Å². The van der Waals surface area contributed by atoms with Crippen molar-refractivity contribution in [3.8, 4) is 5.75 Å². The summed E-state index contributed by atoms with van der Waals surface area (Å²) < 4.78 is 11.7. The standard InChI is InChI=1S/C33H40N8O4/c1-3-33(42)38-27-15-28(30(43-2)16-29(27)39-10-6-23(7-11-39)40-19-26-14-25(40)20-44-26)37-31-17-32(36-21-35-31)41-24(8-12-45-41)13-22-5-4-9-34-18-22/h3-5,9,15-18,21,23-26H,1,6-8,10-14,19-20H2,2H3,(H,38,42)(H,35,36,37)/t24-,25-,26-/m1/s1. The van der Waals surface area contributed by atoms with Crippen LogP contribution in [-0.4, -0.2) is 89.9 Å². The van der Waals surface area contributed by atoms with Gasteiger partial charge in [-0.1, -0.05) is 12.6 Å². The molecule has 0 aliphatic carbocycles. The van der Waals surface area contributed by atoms with Crippen LogP contribution >= 0.6 is 0 Å². The van der Waals surface area contributed by atoms with Crippen LogP contribution in [0.3, 0.4) is 0 Å². The van der Waals surface area contributed by atoms with E-state index >= 15 is 0 Å². The predicted molar refractivity (Wildman–Crippen MR) is 172 cm³/mol. The first kappa shape index (κ1) is 29.5. The summed E-state index contributed by atoms with van der Waals surface area (Å²) >= 11 is 0. The Morgan fingerprint density at radius 1 is 1.16 bits per heavy atom. The Morgan fingerprint density at radius 2 is 2.04 bits per heavy atom.